The summed E-state index contributed by atoms with van der Waals surface area (Å²) in [6.07, 6.45) is 6.32. The molecule has 0 aliphatic carbocycles. The van der Waals surface area contributed by atoms with Crippen LogP contribution in [0.15, 0.2) is 73.2 Å². The Balaban J connectivity index is 1.49. The highest BCUT2D eigenvalue weighted by Gasteiger charge is 2.11. The van der Waals surface area contributed by atoms with Crippen LogP contribution in [0.2, 0.25) is 0 Å². The number of nitrogens with one attached hydrogen (secondary N) is 2. The van der Waals surface area contributed by atoms with Crippen LogP contribution < -0.4 is 10.6 Å². The molecule has 28 heavy (non-hydrogen) atoms. The average Bonchev–Trinajstić information content (AvgIpc) is 2.76. The second-order valence-electron chi connectivity index (χ2n) is 6.31. The minimum atomic E-state index is -0.295. The fourth-order valence-electron chi connectivity index (χ4n) is 2.71. The van der Waals surface area contributed by atoms with Crippen LogP contribution in [0.3, 0.4) is 0 Å². The Hall–Kier alpha value is -3.54. The van der Waals surface area contributed by atoms with Gasteiger partial charge in [-0.1, -0.05) is 36.4 Å². The van der Waals surface area contributed by atoms with E-state index in [2.05, 4.69) is 32.7 Å². The number of nitrogens with zero attached hydrogens (tertiary/aromatic N) is 2. The highest BCUT2D eigenvalue weighted by molar-refractivity contribution is 5.99. The standard InChI is InChI=1S/C22H22N4O2/c27-21(25-12-6-9-17-7-2-1-3-8-17)18-13-19(15-23-14-18)22(28)26-16-20-10-4-5-11-24-20/h1-5,7-8,10-11,13-15H,6,9,12,16H2,(H,25,27)(H,26,28). The third-order valence-electron chi connectivity index (χ3n) is 4.19. The van der Waals surface area contributed by atoms with Gasteiger partial charge in [0, 0.05) is 25.1 Å². The highest BCUT2D eigenvalue weighted by Crippen LogP contribution is 2.05. The summed E-state index contributed by atoms with van der Waals surface area (Å²) in [6.45, 7) is 0.874. The van der Waals surface area contributed by atoms with Crippen molar-refractivity contribution in [3.8, 4) is 0 Å². The number of carbonyl (C=O) groups excluding carboxylic acids is 2. The van der Waals surface area contributed by atoms with Crippen molar-refractivity contribution in [2.24, 2.45) is 0 Å². The summed E-state index contributed by atoms with van der Waals surface area (Å²) in [5.74, 6) is -0.531. The summed E-state index contributed by atoms with van der Waals surface area (Å²) in [6, 6.07) is 17.2. The van der Waals surface area contributed by atoms with Crippen molar-refractivity contribution < 1.29 is 9.59 Å². The Bertz CT molecular complexity index is 914. The predicted octanol–water partition coefficient (Wildman–Crippen LogP) is 2.77. The third-order valence-corrected chi connectivity index (χ3v) is 4.19. The number of hydrogen-bond donors (Lipinski definition) is 2. The van der Waals surface area contributed by atoms with Crippen LogP contribution in [-0.2, 0) is 13.0 Å². The van der Waals surface area contributed by atoms with E-state index in [0.717, 1.165) is 18.5 Å². The second-order valence-corrected chi connectivity index (χ2v) is 6.31. The molecule has 0 bridgehead atoms. The molecule has 2 aromatic heterocycles. The Morgan fingerprint density at radius 1 is 0.857 bits per heavy atom. The number of pyridine rings is 2. The van der Waals surface area contributed by atoms with Gasteiger partial charge in [-0.2, -0.15) is 0 Å². The monoisotopic (exact) mass is 374 g/mol. The summed E-state index contributed by atoms with van der Waals surface area (Å²) in [5, 5.41) is 5.65. The molecule has 6 heteroatoms. The highest BCUT2D eigenvalue weighted by atomic mass is 16.2. The molecule has 3 aromatic rings. The van der Waals surface area contributed by atoms with E-state index in [1.165, 1.54) is 18.0 Å². The summed E-state index contributed by atoms with van der Waals surface area (Å²) in [5.41, 5.74) is 2.71. The lowest BCUT2D eigenvalue weighted by Crippen LogP contribution is -2.27. The molecule has 3 rings (SSSR count). The average molecular weight is 374 g/mol. The Kier molecular flexibility index (Phi) is 6.84. The van der Waals surface area contributed by atoms with Crippen molar-refractivity contribution in [2.75, 3.05) is 6.54 Å². The molecule has 6 nitrogen and oxygen atoms in total. The van der Waals surface area contributed by atoms with Gasteiger partial charge in [0.25, 0.3) is 11.8 Å². The molecule has 2 amide bonds. The van der Waals surface area contributed by atoms with Gasteiger partial charge >= 0.3 is 0 Å². The molecule has 0 fully saturated rings. The van der Waals surface area contributed by atoms with E-state index in [9.17, 15) is 9.59 Å². The largest absolute Gasteiger partial charge is 0.352 e. The number of aromatic nitrogens is 2. The van der Waals surface area contributed by atoms with Crippen molar-refractivity contribution in [3.05, 3.63) is 95.6 Å². The van der Waals surface area contributed by atoms with Gasteiger partial charge in [0.05, 0.1) is 23.4 Å². The van der Waals surface area contributed by atoms with Gasteiger partial charge in [0.15, 0.2) is 0 Å². The molecular formula is C22H22N4O2. The first-order valence-electron chi connectivity index (χ1n) is 9.17. The first kappa shape index (κ1) is 19.2. The number of aryl methyl sites for hydroxylation is 1. The normalized spacial score (nSPS) is 10.3. The Morgan fingerprint density at radius 3 is 2.29 bits per heavy atom. The third kappa shape index (κ3) is 5.74. The Morgan fingerprint density at radius 2 is 1.57 bits per heavy atom. The van der Waals surface area contributed by atoms with E-state index in [1.807, 2.05) is 36.4 Å². The quantitative estimate of drug-likeness (QED) is 0.594. The molecule has 0 radical (unpaired) electrons. The van der Waals surface area contributed by atoms with Gasteiger partial charge in [-0.05, 0) is 36.6 Å². The van der Waals surface area contributed by atoms with Crippen molar-refractivity contribution >= 4 is 11.8 Å². The number of rotatable bonds is 8. The molecule has 142 valence electrons. The minimum absolute atomic E-state index is 0.236. The first-order chi connectivity index (χ1) is 13.7. The zero-order chi connectivity index (χ0) is 19.6. The lowest BCUT2D eigenvalue weighted by Gasteiger charge is -2.08. The van der Waals surface area contributed by atoms with E-state index in [4.69, 9.17) is 0 Å². The van der Waals surface area contributed by atoms with Crippen LogP contribution in [0, 0.1) is 0 Å². The molecule has 2 N–H and O–H groups in total. The molecule has 0 saturated heterocycles. The van der Waals surface area contributed by atoms with Crippen LogP contribution in [-0.4, -0.2) is 28.3 Å². The fourth-order valence-corrected chi connectivity index (χ4v) is 2.71. The lowest BCUT2D eigenvalue weighted by atomic mass is 10.1. The van der Waals surface area contributed by atoms with E-state index < -0.39 is 0 Å². The molecule has 0 atom stereocenters. The van der Waals surface area contributed by atoms with Crippen LogP contribution >= 0.6 is 0 Å². The molecule has 0 spiro atoms. The summed E-state index contributed by atoms with van der Waals surface area (Å²) in [4.78, 5) is 32.8. The van der Waals surface area contributed by atoms with Gasteiger partial charge < -0.3 is 10.6 Å². The second kappa shape index (κ2) is 9.97. The van der Waals surface area contributed by atoms with Crippen molar-refractivity contribution in [1.29, 1.82) is 0 Å². The molecule has 0 unspecified atom stereocenters. The van der Waals surface area contributed by atoms with Crippen LogP contribution in [0.4, 0.5) is 0 Å². The zero-order valence-electron chi connectivity index (χ0n) is 15.5. The van der Waals surface area contributed by atoms with E-state index >= 15 is 0 Å². The van der Waals surface area contributed by atoms with E-state index in [1.54, 1.807) is 12.3 Å². The van der Waals surface area contributed by atoms with Gasteiger partial charge in [-0.15, -0.1) is 0 Å². The van der Waals surface area contributed by atoms with Crippen molar-refractivity contribution in [1.82, 2.24) is 20.6 Å². The molecule has 0 aliphatic rings. The van der Waals surface area contributed by atoms with Gasteiger partial charge in [-0.3, -0.25) is 19.6 Å². The van der Waals surface area contributed by atoms with Crippen LogP contribution in [0.1, 0.15) is 38.4 Å². The molecular weight excluding hydrogens is 352 g/mol. The topological polar surface area (TPSA) is 84.0 Å². The molecule has 1 aromatic carbocycles. The summed E-state index contributed by atoms with van der Waals surface area (Å²) < 4.78 is 0. The minimum Gasteiger partial charge on any atom is -0.352 e. The summed E-state index contributed by atoms with van der Waals surface area (Å²) in [7, 11) is 0. The lowest BCUT2D eigenvalue weighted by molar-refractivity contribution is 0.0950. The maximum Gasteiger partial charge on any atom is 0.253 e. The van der Waals surface area contributed by atoms with E-state index in [-0.39, 0.29) is 11.8 Å². The number of carbonyl (C=O) groups is 2. The predicted molar refractivity (Wildman–Crippen MR) is 107 cm³/mol. The van der Waals surface area contributed by atoms with Gasteiger partial charge in [-0.25, -0.2) is 0 Å². The van der Waals surface area contributed by atoms with Crippen molar-refractivity contribution in [3.63, 3.8) is 0 Å². The molecule has 2 heterocycles. The van der Waals surface area contributed by atoms with Crippen LogP contribution in [0.25, 0.3) is 0 Å². The Labute approximate surface area is 164 Å². The molecule has 0 aliphatic heterocycles. The molecule has 0 saturated carbocycles. The number of amides is 2. The number of benzene rings is 1. The van der Waals surface area contributed by atoms with E-state index in [0.29, 0.717) is 24.2 Å². The van der Waals surface area contributed by atoms with Crippen LogP contribution in [0.5, 0.6) is 0 Å². The van der Waals surface area contributed by atoms with Crippen molar-refractivity contribution in [2.45, 2.75) is 19.4 Å². The SMILES string of the molecule is O=C(NCCCc1ccccc1)c1cncc(C(=O)NCc2ccccn2)c1. The smallest absolute Gasteiger partial charge is 0.253 e. The maximum absolute atomic E-state index is 12.3. The first-order valence-corrected chi connectivity index (χ1v) is 9.17. The van der Waals surface area contributed by atoms with Gasteiger partial charge in [0.1, 0.15) is 0 Å². The zero-order valence-corrected chi connectivity index (χ0v) is 15.5. The number of hydrogen-bond acceptors (Lipinski definition) is 4. The summed E-state index contributed by atoms with van der Waals surface area (Å²) >= 11 is 0. The maximum atomic E-state index is 12.3. The van der Waals surface area contributed by atoms with Gasteiger partial charge in [0.2, 0.25) is 0 Å². The fraction of sp³-hybridized carbons (Fsp3) is 0.182.